The Hall–Kier alpha value is -0.630. The van der Waals surface area contributed by atoms with Crippen molar-refractivity contribution in [3.63, 3.8) is 0 Å². The number of hydrogen-bond acceptors (Lipinski definition) is 4. The zero-order valence-electron chi connectivity index (χ0n) is 11.4. The van der Waals surface area contributed by atoms with Crippen molar-refractivity contribution in [1.82, 2.24) is 20.2 Å². The van der Waals surface area contributed by atoms with Crippen LogP contribution in [-0.4, -0.2) is 37.7 Å². The van der Waals surface area contributed by atoms with Crippen LogP contribution in [-0.2, 0) is 10.0 Å². The third-order valence-corrected chi connectivity index (χ3v) is 5.22. The second-order valence-corrected chi connectivity index (χ2v) is 6.61. The minimum absolute atomic E-state index is 0. The van der Waals surface area contributed by atoms with Crippen molar-refractivity contribution in [3.05, 3.63) is 11.4 Å². The number of hydrogen-bond donors (Lipinski definition) is 3. The third-order valence-electron chi connectivity index (χ3n) is 3.46. The molecular formula is C11H21ClN4O2S. The van der Waals surface area contributed by atoms with Crippen LogP contribution in [0, 0.1) is 19.8 Å². The van der Waals surface area contributed by atoms with Gasteiger partial charge in [0.1, 0.15) is 4.90 Å². The second-order valence-electron chi connectivity index (χ2n) is 4.96. The van der Waals surface area contributed by atoms with Gasteiger partial charge in [-0.1, -0.05) is 6.92 Å². The highest BCUT2D eigenvalue weighted by Gasteiger charge is 2.29. The monoisotopic (exact) mass is 308 g/mol. The minimum atomic E-state index is -3.49. The topological polar surface area (TPSA) is 86.9 Å². The molecule has 2 unspecified atom stereocenters. The number of nitrogens with zero attached hydrogens (tertiary/aromatic N) is 1. The third kappa shape index (κ3) is 3.47. The lowest BCUT2D eigenvalue weighted by Gasteiger charge is -2.29. The molecule has 1 fully saturated rings. The largest absolute Gasteiger partial charge is 0.315 e. The van der Waals surface area contributed by atoms with Crippen molar-refractivity contribution in [2.45, 2.75) is 38.1 Å². The molecule has 8 heteroatoms. The maximum Gasteiger partial charge on any atom is 0.244 e. The Kier molecular flexibility index (Phi) is 5.37. The molecule has 1 aromatic rings. The van der Waals surface area contributed by atoms with E-state index in [1.54, 1.807) is 13.8 Å². The first-order valence-corrected chi connectivity index (χ1v) is 7.64. The zero-order valence-corrected chi connectivity index (χ0v) is 13.0. The summed E-state index contributed by atoms with van der Waals surface area (Å²) in [6.07, 6.45) is 0.983. The average Bonchev–Trinajstić information content (AvgIpc) is 2.62. The fourth-order valence-electron chi connectivity index (χ4n) is 2.34. The van der Waals surface area contributed by atoms with Crippen molar-refractivity contribution in [1.29, 1.82) is 0 Å². The van der Waals surface area contributed by atoms with E-state index in [1.165, 1.54) is 0 Å². The highest BCUT2D eigenvalue weighted by Crippen LogP contribution is 2.19. The van der Waals surface area contributed by atoms with Crippen molar-refractivity contribution < 1.29 is 8.42 Å². The first-order chi connectivity index (χ1) is 8.42. The number of H-pyrrole nitrogens is 1. The molecule has 0 aromatic carbocycles. The molecule has 0 saturated carbocycles. The van der Waals surface area contributed by atoms with Gasteiger partial charge in [0, 0.05) is 12.6 Å². The number of sulfonamides is 1. The van der Waals surface area contributed by atoms with E-state index in [1.807, 2.05) is 0 Å². The van der Waals surface area contributed by atoms with Crippen LogP contribution in [0.3, 0.4) is 0 Å². The molecule has 0 spiro atoms. The minimum Gasteiger partial charge on any atom is -0.315 e. The standard InChI is InChI=1S/C11H20N4O2S.ClH/c1-7-4-5-12-6-10(7)15-18(16,17)11-8(2)13-14-9(11)3;/h7,10,12,15H,4-6H2,1-3H3,(H,13,14);1H. The summed E-state index contributed by atoms with van der Waals surface area (Å²) < 4.78 is 27.5. The van der Waals surface area contributed by atoms with E-state index in [-0.39, 0.29) is 23.3 Å². The highest BCUT2D eigenvalue weighted by atomic mass is 35.5. The number of halogens is 1. The molecule has 19 heavy (non-hydrogen) atoms. The lowest BCUT2D eigenvalue weighted by molar-refractivity contribution is 0.327. The summed E-state index contributed by atoms with van der Waals surface area (Å²) in [4.78, 5) is 0.278. The van der Waals surface area contributed by atoms with Gasteiger partial charge in [0.2, 0.25) is 10.0 Å². The quantitative estimate of drug-likeness (QED) is 0.768. The van der Waals surface area contributed by atoms with E-state index in [0.717, 1.165) is 13.0 Å². The summed E-state index contributed by atoms with van der Waals surface area (Å²) in [7, 11) is -3.49. The molecule has 2 atom stereocenters. The molecule has 0 amide bonds. The summed E-state index contributed by atoms with van der Waals surface area (Å²) in [6.45, 7) is 7.11. The number of aromatic nitrogens is 2. The number of piperidine rings is 1. The summed E-state index contributed by atoms with van der Waals surface area (Å²) in [5.41, 5.74) is 1.09. The van der Waals surface area contributed by atoms with Crippen molar-refractivity contribution in [2.75, 3.05) is 13.1 Å². The molecule has 1 saturated heterocycles. The van der Waals surface area contributed by atoms with Crippen LogP contribution in [0.25, 0.3) is 0 Å². The molecule has 1 aromatic heterocycles. The Morgan fingerprint density at radius 2 is 2.05 bits per heavy atom. The first kappa shape index (κ1) is 16.4. The van der Waals surface area contributed by atoms with Gasteiger partial charge in [-0.15, -0.1) is 12.4 Å². The number of nitrogens with one attached hydrogen (secondary N) is 3. The zero-order chi connectivity index (χ0) is 13.3. The Morgan fingerprint density at radius 1 is 1.37 bits per heavy atom. The van der Waals surface area contributed by atoms with Crippen molar-refractivity contribution in [3.8, 4) is 0 Å². The van der Waals surface area contributed by atoms with Gasteiger partial charge in [0.05, 0.1) is 11.4 Å². The molecule has 1 aliphatic heterocycles. The van der Waals surface area contributed by atoms with E-state index in [2.05, 4.69) is 27.2 Å². The molecule has 0 aliphatic carbocycles. The Morgan fingerprint density at radius 3 is 2.58 bits per heavy atom. The maximum absolute atomic E-state index is 12.3. The lowest BCUT2D eigenvalue weighted by atomic mass is 9.96. The van der Waals surface area contributed by atoms with Gasteiger partial charge in [-0.05, 0) is 32.7 Å². The fourth-order valence-corrected chi connectivity index (χ4v) is 4.06. The Bertz CT molecular complexity index is 509. The predicted molar refractivity (Wildman–Crippen MR) is 76.1 cm³/mol. The smallest absolute Gasteiger partial charge is 0.244 e. The van der Waals surface area contributed by atoms with Crippen LogP contribution in [0.1, 0.15) is 24.7 Å². The van der Waals surface area contributed by atoms with Crippen LogP contribution >= 0.6 is 12.4 Å². The highest BCUT2D eigenvalue weighted by molar-refractivity contribution is 7.89. The number of rotatable bonds is 3. The van der Waals surface area contributed by atoms with Crippen LogP contribution in [0.2, 0.25) is 0 Å². The summed E-state index contributed by atoms with van der Waals surface area (Å²) in [6, 6.07) is -0.0579. The molecule has 1 aliphatic rings. The first-order valence-electron chi connectivity index (χ1n) is 6.16. The molecule has 0 bridgehead atoms. The molecule has 110 valence electrons. The second kappa shape index (κ2) is 6.21. The van der Waals surface area contributed by atoms with E-state index in [9.17, 15) is 8.42 Å². The van der Waals surface area contributed by atoms with Crippen LogP contribution < -0.4 is 10.0 Å². The van der Waals surface area contributed by atoms with E-state index in [4.69, 9.17) is 0 Å². The van der Waals surface area contributed by atoms with Crippen molar-refractivity contribution >= 4 is 22.4 Å². The Labute approximate surface area is 120 Å². The predicted octanol–water partition coefficient (Wildman–Crippen LogP) is 0.725. The van der Waals surface area contributed by atoms with E-state index >= 15 is 0 Å². The maximum atomic E-state index is 12.3. The average molecular weight is 309 g/mol. The normalized spacial score (nSPS) is 23.9. The number of aromatic amines is 1. The molecule has 6 nitrogen and oxygen atoms in total. The SMILES string of the molecule is Cc1n[nH]c(C)c1S(=O)(=O)NC1CNCCC1C.Cl. The fraction of sp³-hybridized carbons (Fsp3) is 0.727. The molecule has 2 heterocycles. The molecule has 0 radical (unpaired) electrons. The summed E-state index contributed by atoms with van der Waals surface area (Å²) >= 11 is 0. The lowest BCUT2D eigenvalue weighted by Crippen LogP contribution is -2.50. The molecular weight excluding hydrogens is 288 g/mol. The van der Waals surface area contributed by atoms with Gasteiger partial charge in [0.25, 0.3) is 0 Å². The van der Waals surface area contributed by atoms with Crippen LogP contribution in [0.4, 0.5) is 0 Å². The van der Waals surface area contributed by atoms with Crippen LogP contribution in [0.5, 0.6) is 0 Å². The van der Waals surface area contributed by atoms with Crippen LogP contribution in [0.15, 0.2) is 4.90 Å². The molecule has 2 rings (SSSR count). The Balaban J connectivity index is 0.00000180. The van der Waals surface area contributed by atoms with E-state index in [0.29, 0.717) is 23.9 Å². The molecule has 3 N–H and O–H groups in total. The van der Waals surface area contributed by atoms with Gasteiger partial charge in [-0.25, -0.2) is 13.1 Å². The van der Waals surface area contributed by atoms with Gasteiger partial charge in [-0.2, -0.15) is 5.10 Å². The van der Waals surface area contributed by atoms with E-state index < -0.39 is 10.0 Å². The van der Waals surface area contributed by atoms with Gasteiger partial charge >= 0.3 is 0 Å². The summed E-state index contributed by atoms with van der Waals surface area (Å²) in [5.74, 6) is 0.341. The van der Waals surface area contributed by atoms with Crippen molar-refractivity contribution in [2.24, 2.45) is 5.92 Å². The summed E-state index contributed by atoms with van der Waals surface area (Å²) in [5, 5.41) is 9.85. The number of aryl methyl sites for hydroxylation is 2. The van der Waals surface area contributed by atoms with Gasteiger partial charge in [0.15, 0.2) is 0 Å². The van der Waals surface area contributed by atoms with Gasteiger partial charge < -0.3 is 5.32 Å². The van der Waals surface area contributed by atoms with Gasteiger partial charge in [-0.3, -0.25) is 5.10 Å².